The van der Waals surface area contributed by atoms with Crippen molar-refractivity contribution in [3.63, 3.8) is 0 Å². The number of hydrogen-bond acceptors (Lipinski definition) is 24. The summed E-state index contributed by atoms with van der Waals surface area (Å²) in [6.07, 6.45) is 0.960. The number of carbonyl (C=O) groups is 12. The third-order valence-corrected chi connectivity index (χ3v) is 19.5. The number of carboxylic acids is 6. The number of carbonyl (C=O) groups excluding carboxylic acids is 6. The first-order chi connectivity index (χ1) is 52.7. The summed E-state index contributed by atoms with van der Waals surface area (Å²) in [7, 11) is -4.28. The van der Waals surface area contributed by atoms with E-state index in [4.69, 9.17) is 23.5 Å². The molecule has 3 aromatic rings. The van der Waals surface area contributed by atoms with Crippen LogP contribution in [0, 0.1) is 11.8 Å². The van der Waals surface area contributed by atoms with Crippen LogP contribution in [0.5, 0.6) is 0 Å². The van der Waals surface area contributed by atoms with Gasteiger partial charge in [0.05, 0.1) is 122 Å². The Hall–Kier alpha value is -8.75. The van der Waals surface area contributed by atoms with Gasteiger partial charge in [-0.05, 0) is 56.6 Å². The van der Waals surface area contributed by atoms with Crippen molar-refractivity contribution in [2.45, 2.75) is 122 Å². The van der Waals surface area contributed by atoms with Crippen molar-refractivity contribution in [3.05, 3.63) is 54.1 Å². The summed E-state index contributed by atoms with van der Waals surface area (Å²) < 4.78 is 41.3. The number of para-hydroxylation sites is 1. The number of fused-ring (bicyclic) bond motifs is 5. The van der Waals surface area contributed by atoms with E-state index in [9.17, 15) is 97.6 Å². The smallest absolute Gasteiger partial charge is 0.328 e. The predicted molar refractivity (Wildman–Crippen MR) is 395 cm³/mol. The van der Waals surface area contributed by atoms with Crippen molar-refractivity contribution in [1.82, 2.24) is 55.9 Å². The molecule has 0 spiro atoms. The lowest BCUT2D eigenvalue weighted by Gasteiger charge is -2.32. The van der Waals surface area contributed by atoms with Gasteiger partial charge in [-0.15, -0.1) is 5.10 Å². The fraction of sp³-hybridized carbons (Fsp3) is 0.639. The number of aromatic nitrogens is 3. The SMILES string of the molecule is CCCC(CP(=O)(O)OCCC[C@H](NC(=O)CC[C@H](CC(=O)CCCCCNC(=O)CCOCCOCCOCCOCCNC(=O)CCC(=O)N1Cc2ccccc2-c2c(nnn2CCCNC(=O)CN2CCN(CC(=O)O)CCN(CC(=O)O)CCN(CC(=O)O)CC2)-c2ccccc21)C(=O)O)C(=O)O)C(=O)O. The summed E-state index contributed by atoms with van der Waals surface area (Å²) in [5.41, 5.74) is 4.16. The van der Waals surface area contributed by atoms with Crippen LogP contribution in [0.15, 0.2) is 48.5 Å². The predicted octanol–water partition coefficient (Wildman–Crippen LogP) is 1.96. The Bertz CT molecular complexity index is 3480. The Morgan fingerprint density at radius 3 is 1.61 bits per heavy atom. The first-order valence-corrected chi connectivity index (χ1v) is 39.0. The Kier molecular flexibility index (Phi) is 42.5. The zero-order chi connectivity index (χ0) is 80.2. The number of ether oxygens (including phenoxy) is 4. The third-order valence-electron chi connectivity index (χ3n) is 18.1. The summed E-state index contributed by atoms with van der Waals surface area (Å²) in [4.78, 5) is 167. The number of unbranched alkanes of at least 4 members (excludes halogenated alkanes) is 2. The van der Waals surface area contributed by atoms with Gasteiger partial charge in [-0.25, -0.2) is 9.48 Å². The number of anilines is 1. The van der Waals surface area contributed by atoms with E-state index in [0.717, 1.165) is 16.8 Å². The number of nitrogens with one attached hydrogen (secondary N) is 4. The summed E-state index contributed by atoms with van der Waals surface area (Å²) in [6, 6.07) is 13.6. The van der Waals surface area contributed by atoms with E-state index < -0.39 is 73.4 Å². The Labute approximate surface area is 638 Å². The minimum absolute atomic E-state index is 0.0349. The van der Waals surface area contributed by atoms with Crippen LogP contribution in [0.3, 0.4) is 0 Å². The molecule has 2 aromatic carbocycles. The number of Topliss-reactive ketones (excluding diaryl/α,β-unsaturated/α-hetero) is 1. The standard InChI is InChI=1S/C72H109N12O25P/c1-2-12-54(71(99)100)51-110(103,104)109-36-10-17-58(72(101)102)76-62(88)20-19-52(70(97)98)45-55(85)14-4-3-9-24-73-61(87)23-37-105-39-41-107-43-44-108-42-40-106-38-26-75-60(86)21-22-64(90)83-46-53-13-5-6-15-56(53)69-68(57-16-7-8-18-59(57)83)77-78-84(69)27-11-25-74-63(89)47-79-28-30-80(48-65(91)92)32-34-82(50-67(95)96)35-33-81(31-29-79)49-66(93)94/h5-8,13,15-16,18,52,54,58H,2-4,9-12,14,17,19-51H2,1H3,(H,73,87)(H,74,89)(H,75,86)(H,76,88)(H,91,92)(H,93,94)(H,95,96)(H,97,98)(H,99,100)(H,101,102)(H,103,104)/t52-,54?,58+/m1/s1. The largest absolute Gasteiger partial charge is 0.481 e. The topological polar surface area (TPSA) is 505 Å². The third kappa shape index (κ3) is 36.4. The molecular weight excluding hydrogens is 1460 g/mol. The number of carboxylic acid groups (broad SMARTS) is 6. The van der Waals surface area contributed by atoms with Gasteiger partial charge < -0.3 is 85.2 Å². The molecule has 0 radical (unpaired) electrons. The monoisotopic (exact) mass is 1570 g/mol. The minimum Gasteiger partial charge on any atom is -0.481 e. The van der Waals surface area contributed by atoms with Crippen LogP contribution in [-0.4, -0.2) is 311 Å². The van der Waals surface area contributed by atoms with Gasteiger partial charge in [0, 0.05) is 128 Å². The Balaban J connectivity index is 0.892. The first-order valence-electron chi connectivity index (χ1n) is 37.2. The lowest BCUT2D eigenvalue weighted by molar-refractivity contribution is -0.145. The van der Waals surface area contributed by atoms with Crippen LogP contribution in [0.2, 0.25) is 0 Å². The van der Waals surface area contributed by atoms with E-state index in [0.29, 0.717) is 88.4 Å². The van der Waals surface area contributed by atoms with Crippen LogP contribution in [0.1, 0.15) is 109 Å². The number of hydrogen-bond donors (Lipinski definition) is 11. The highest BCUT2D eigenvalue weighted by molar-refractivity contribution is 7.52. The second-order valence-electron chi connectivity index (χ2n) is 26.8. The average Bonchev–Trinajstić information content (AvgIpc) is 1.52. The fourth-order valence-corrected chi connectivity index (χ4v) is 13.7. The van der Waals surface area contributed by atoms with Gasteiger partial charge in [-0.2, -0.15) is 0 Å². The summed E-state index contributed by atoms with van der Waals surface area (Å²) in [5.74, 6) is -11.5. The number of rotatable bonds is 54. The number of ketones is 1. The summed E-state index contributed by atoms with van der Waals surface area (Å²) in [6.45, 7) is 6.06. The highest BCUT2D eigenvalue weighted by Gasteiger charge is 2.33. The van der Waals surface area contributed by atoms with E-state index in [1.807, 2.05) is 53.4 Å². The zero-order valence-electron chi connectivity index (χ0n) is 62.6. The second-order valence-corrected chi connectivity index (χ2v) is 28.7. The zero-order valence-corrected chi connectivity index (χ0v) is 63.4. The van der Waals surface area contributed by atoms with Gasteiger partial charge in [0.25, 0.3) is 0 Å². The molecule has 37 nitrogen and oxygen atoms in total. The molecule has 0 aliphatic carbocycles. The van der Waals surface area contributed by atoms with E-state index in [2.05, 4.69) is 31.6 Å². The molecule has 2 aliphatic rings. The average molecular weight is 1570 g/mol. The maximum Gasteiger partial charge on any atom is 0.328 e. The molecule has 0 saturated carbocycles. The number of benzene rings is 2. The van der Waals surface area contributed by atoms with Gasteiger partial charge in [0.2, 0.25) is 29.5 Å². The van der Waals surface area contributed by atoms with Crippen LogP contribution in [0.4, 0.5) is 5.69 Å². The maximum absolute atomic E-state index is 14.1. The molecule has 612 valence electrons. The van der Waals surface area contributed by atoms with Crippen LogP contribution in [0.25, 0.3) is 22.5 Å². The van der Waals surface area contributed by atoms with Crippen LogP contribution in [-0.2, 0) is 98.7 Å². The van der Waals surface area contributed by atoms with E-state index in [-0.39, 0.29) is 225 Å². The minimum atomic E-state index is -4.28. The van der Waals surface area contributed by atoms with Gasteiger partial charge >= 0.3 is 43.4 Å². The number of amides is 5. The second kappa shape index (κ2) is 50.9. The Morgan fingerprint density at radius 2 is 1.03 bits per heavy atom. The maximum atomic E-state index is 14.1. The van der Waals surface area contributed by atoms with Gasteiger partial charge in [-0.1, -0.05) is 67.4 Å². The summed E-state index contributed by atoms with van der Waals surface area (Å²) in [5, 5.41) is 77.3. The molecule has 0 bridgehead atoms. The van der Waals surface area contributed by atoms with Gasteiger partial charge in [0.15, 0.2) is 0 Å². The molecule has 2 aliphatic heterocycles. The Morgan fingerprint density at radius 1 is 0.500 bits per heavy atom. The fourth-order valence-electron chi connectivity index (χ4n) is 12.3. The normalized spacial score (nSPS) is 15.3. The van der Waals surface area contributed by atoms with E-state index >= 15 is 0 Å². The lowest BCUT2D eigenvalue weighted by Crippen LogP contribution is -2.49. The molecule has 11 N–H and O–H groups in total. The summed E-state index contributed by atoms with van der Waals surface area (Å²) >= 11 is 0. The van der Waals surface area contributed by atoms with Crippen LogP contribution >= 0.6 is 7.60 Å². The molecule has 2 unspecified atom stereocenters. The molecule has 1 fully saturated rings. The van der Waals surface area contributed by atoms with Crippen LogP contribution < -0.4 is 26.2 Å². The van der Waals surface area contributed by atoms with Crippen molar-refractivity contribution in [2.24, 2.45) is 11.8 Å². The van der Waals surface area contributed by atoms with Crippen molar-refractivity contribution < 1.29 is 121 Å². The van der Waals surface area contributed by atoms with Crippen molar-refractivity contribution >= 4 is 84.4 Å². The van der Waals surface area contributed by atoms with Crippen molar-refractivity contribution in [1.29, 1.82) is 0 Å². The molecule has 4 atom stereocenters. The van der Waals surface area contributed by atoms with E-state index in [1.54, 1.807) is 31.2 Å². The van der Waals surface area contributed by atoms with E-state index in [1.165, 1.54) is 0 Å². The van der Waals surface area contributed by atoms with Crippen molar-refractivity contribution in [3.8, 4) is 22.5 Å². The highest BCUT2D eigenvalue weighted by Crippen LogP contribution is 2.45. The van der Waals surface area contributed by atoms with Gasteiger partial charge in [0.1, 0.15) is 17.5 Å². The number of aryl methyl sites for hydroxylation is 1. The number of aliphatic carboxylic acids is 6. The molecule has 5 rings (SSSR count). The molecule has 1 aromatic heterocycles. The lowest BCUT2D eigenvalue weighted by atomic mass is 9.94. The molecule has 110 heavy (non-hydrogen) atoms. The molecule has 38 heteroatoms. The number of nitrogens with zero attached hydrogens (tertiary/aromatic N) is 8. The molecule has 3 heterocycles. The molecule has 5 amide bonds. The van der Waals surface area contributed by atoms with Crippen molar-refractivity contribution in [2.75, 3.05) is 169 Å². The van der Waals surface area contributed by atoms with Gasteiger partial charge in [-0.3, -0.25) is 76.9 Å². The quantitative estimate of drug-likeness (QED) is 0.0284. The molecular formula is C72H109N12O25P. The highest BCUT2D eigenvalue weighted by atomic mass is 31.2. The first kappa shape index (κ1) is 91.9. The molecule has 1 saturated heterocycles.